The number of methoxy groups -OCH3 is 1. The van der Waals surface area contributed by atoms with E-state index in [1.54, 1.807) is 17.5 Å². The smallest absolute Gasteiger partial charge is 0.256 e. The van der Waals surface area contributed by atoms with Gasteiger partial charge in [-0.3, -0.25) is 4.79 Å². The minimum atomic E-state index is -1.03. The summed E-state index contributed by atoms with van der Waals surface area (Å²) >= 11 is 1.35. The quantitative estimate of drug-likeness (QED) is 0.832. The molecule has 1 aromatic carbocycles. The van der Waals surface area contributed by atoms with Crippen LogP contribution in [0, 0.1) is 0 Å². The van der Waals surface area contributed by atoms with Crippen molar-refractivity contribution in [2.45, 2.75) is 19.6 Å². The van der Waals surface area contributed by atoms with Crippen molar-refractivity contribution in [1.29, 1.82) is 0 Å². The highest BCUT2D eigenvalue weighted by atomic mass is 32.1. The molecule has 0 aliphatic rings. The molecule has 1 heterocycles. The lowest BCUT2D eigenvalue weighted by molar-refractivity contribution is -0.0761. The Morgan fingerprint density at radius 1 is 1.45 bits per heavy atom. The molecular formula is C15H17NO3S. The summed E-state index contributed by atoms with van der Waals surface area (Å²) in [5.41, 5.74) is 2.29. The molecule has 1 amide bonds. The van der Waals surface area contributed by atoms with Crippen molar-refractivity contribution in [1.82, 2.24) is 0 Å². The first-order chi connectivity index (χ1) is 9.65. The normalized spacial score (nSPS) is 12.2. The van der Waals surface area contributed by atoms with Crippen molar-refractivity contribution in [3.8, 4) is 0 Å². The van der Waals surface area contributed by atoms with Gasteiger partial charge in [0.25, 0.3) is 5.91 Å². The number of carbonyl (C=O) groups is 1. The van der Waals surface area contributed by atoms with Gasteiger partial charge < -0.3 is 15.2 Å². The molecule has 1 aromatic heterocycles. The molecule has 0 bridgehead atoms. The predicted octanol–water partition coefficient (Wildman–Crippen LogP) is 3.20. The monoisotopic (exact) mass is 291 g/mol. The number of benzene rings is 1. The number of aliphatic hydroxyl groups is 1. The van der Waals surface area contributed by atoms with E-state index >= 15 is 0 Å². The van der Waals surface area contributed by atoms with E-state index in [4.69, 9.17) is 4.74 Å². The van der Waals surface area contributed by atoms with E-state index in [9.17, 15) is 9.90 Å². The predicted molar refractivity (Wildman–Crippen MR) is 80.1 cm³/mol. The standard InChI is InChI=1S/C15H17NO3S/c1-3-10-5-4-6-11(9-10)13(17)16-14-12(7-8-20-14)15(18)19-2/h4-9,15,18H,3H2,1-2H3,(H,16,17). The molecule has 1 atom stereocenters. The number of hydrogen-bond acceptors (Lipinski definition) is 4. The van der Waals surface area contributed by atoms with Gasteiger partial charge >= 0.3 is 0 Å². The largest absolute Gasteiger partial charge is 0.364 e. The fourth-order valence-corrected chi connectivity index (χ4v) is 2.66. The van der Waals surface area contributed by atoms with Gasteiger partial charge in [-0.25, -0.2) is 0 Å². The molecule has 2 N–H and O–H groups in total. The molecule has 0 radical (unpaired) electrons. The number of amides is 1. The van der Waals surface area contributed by atoms with E-state index in [-0.39, 0.29) is 5.91 Å². The Balaban J connectivity index is 2.17. The van der Waals surface area contributed by atoms with Gasteiger partial charge in [0.2, 0.25) is 0 Å². The second-order valence-corrected chi connectivity index (χ2v) is 5.22. The first kappa shape index (κ1) is 14.7. The fraction of sp³-hybridized carbons (Fsp3) is 0.267. The van der Waals surface area contributed by atoms with Crippen LogP contribution in [0.3, 0.4) is 0 Å². The van der Waals surface area contributed by atoms with Gasteiger partial charge in [0.15, 0.2) is 6.29 Å². The van der Waals surface area contributed by atoms with Crippen LogP contribution >= 0.6 is 11.3 Å². The zero-order valence-corrected chi connectivity index (χ0v) is 12.2. The minimum Gasteiger partial charge on any atom is -0.364 e. The molecule has 2 rings (SSSR count). The number of ether oxygens (including phenoxy) is 1. The number of carbonyl (C=O) groups excluding carboxylic acids is 1. The van der Waals surface area contributed by atoms with E-state index in [1.165, 1.54) is 18.4 Å². The summed E-state index contributed by atoms with van der Waals surface area (Å²) in [4.78, 5) is 12.2. The van der Waals surface area contributed by atoms with Gasteiger partial charge in [-0.05, 0) is 35.6 Å². The Morgan fingerprint density at radius 3 is 2.95 bits per heavy atom. The average Bonchev–Trinajstić information content (AvgIpc) is 2.94. The van der Waals surface area contributed by atoms with Gasteiger partial charge in [0, 0.05) is 18.2 Å². The van der Waals surface area contributed by atoms with Crippen LogP contribution in [0.1, 0.15) is 34.7 Å². The third kappa shape index (κ3) is 3.25. The SMILES string of the molecule is CCc1cccc(C(=O)Nc2sccc2C(O)OC)c1. The highest BCUT2D eigenvalue weighted by Crippen LogP contribution is 2.29. The van der Waals surface area contributed by atoms with Gasteiger partial charge in [-0.2, -0.15) is 0 Å². The maximum absolute atomic E-state index is 12.2. The molecule has 1 unspecified atom stereocenters. The number of thiophene rings is 1. The molecule has 0 fully saturated rings. The van der Waals surface area contributed by atoms with E-state index < -0.39 is 6.29 Å². The lowest BCUT2D eigenvalue weighted by Gasteiger charge is -2.11. The van der Waals surface area contributed by atoms with Crippen molar-refractivity contribution in [2.75, 3.05) is 12.4 Å². The molecule has 106 valence electrons. The zero-order valence-electron chi connectivity index (χ0n) is 11.4. The van der Waals surface area contributed by atoms with Crippen molar-refractivity contribution < 1.29 is 14.6 Å². The second kappa shape index (κ2) is 6.65. The lowest BCUT2D eigenvalue weighted by Crippen LogP contribution is -2.13. The Hall–Kier alpha value is -1.69. The number of nitrogens with one attached hydrogen (secondary N) is 1. The molecule has 4 nitrogen and oxygen atoms in total. The van der Waals surface area contributed by atoms with Crippen LogP contribution in [0.5, 0.6) is 0 Å². The summed E-state index contributed by atoms with van der Waals surface area (Å²) in [6.45, 7) is 2.04. The summed E-state index contributed by atoms with van der Waals surface area (Å²) in [5.74, 6) is -0.188. The second-order valence-electron chi connectivity index (χ2n) is 4.30. The molecule has 0 spiro atoms. The van der Waals surface area contributed by atoms with Crippen molar-refractivity contribution in [3.63, 3.8) is 0 Å². The van der Waals surface area contributed by atoms with Crippen LogP contribution in [-0.4, -0.2) is 18.1 Å². The number of aliphatic hydroxyl groups excluding tert-OH is 1. The van der Waals surface area contributed by atoms with E-state index in [0.29, 0.717) is 16.1 Å². The van der Waals surface area contributed by atoms with Gasteiger partial charge in [-0.1, -0.05) is 19.1 Å². The summed E-state index contributed by atoms with van der Waals surface area (Å²) in [7, 11) is 1.42. The average molecular weight is 291 g/mol. The van der Waals surface area contributed by atoms with Crippen LogP contribution in [0.15, 0.2) is 35.7 Å². The molecular weight excluding hydrogens is 274 g/mol. The van der Waals surface area contributed by atoms with Crippen LogP contribution < -0.4 is 5.32 Å². The molecule has 0 saturated heterocycles. The third-order valence-electron chi connectivity index (χ3n) is 3.01. The van der Waals surface area contributed by atoms with Crippen LogP contribution in [0.4, 0.5) is 5.00 Å². The van der Waals surface area contributed by atoms with Crippen LogP contribution in [-0.2, 0) is 11.2 Å². The summed E-state index contributed by atoms with van der Waals surface area (Å²) in [6, 6.07) is 9.23. The Labute approximate surface area is 122 Å². The number of rotatable bonds is 5. The molecule has 0 aliphatic carbocycles. The Bertz CT molecular complexity index is 594. The Kier molecular flexibility index (Phi) is 4.89. The molecule has 5 heteroatoms. The first-order valence-corrected chi connectivity index (χ1v) is 7.22. The number of anilines is 1. The summed E-state index contributed by atoms with van der Waals surface area (Å²) < 4.78 is 4.87. The van der Waals surface area contributed by atoms with Gasteiger partial charge in [-0.15, -0.1) is 11.3 Å². The van der Waals surface area contributed by atoms with Crippen molar-refractivity contribution in [2.24, 2.45) is 0 Å². The highest BCUT2D eigenvalue weighted by molar-refractivity contribution is 7.14. The number of hydrogen-bond donors (Lipinski definition) is 2. The Morgan fingerprint density at radius 2 is 2.25 bits per heavy atom. The van der Waals surface area contributed by atoms with E-state index in [0.717, 1.165) is 12.0 Å². The van der Waals surface area contributed by atoms with Crippen LogP contribution in [0.25, 0.3) is 0 Å². The van der Waals surface area contributed by atoms with E-state index in [1.807, 2.05) is 25.1 Å². The summed E-state index contributed by atoms with van der Waals surface area (Å²) in [6.07, 6.45) is -0.146. The van der Waals surface area contributed by atoms with E-state index in [2.05, 4.69) is 5.32 Å². The molecule has 2 aromatic rings. The van der Waals surface area contributed by atoms with Crippen molar-refractivity contribution >= 4 is 22.2 Å². The topological polar surface area (TPSA) is 58.6 Å². The fourth-order valence-electron chi connectivity index (χ4n) is 1.85. The maximum atomic E-state index is 12.2. The minimum absolute atomic E-state index is 0.188. The number of aryl methyl sites for hydroxylation is 1. The zero-order chi connectivity index (χ0) is 14.5. The third-order valence-corrected chi connectivity index (χ3v) is 3.86. The molecule has 20 heavy (non-hydrogen) atoms. The van der Waals surface area contributed by atoms with Crippen LogP contribution in [0.2, 0.25) is 0 Å². The van der Waals surface area contributed by atoms with Gasteiger partial charge in [0.05, 0.1) is 0 Å². The highest BCUT2D eigenvalue weighted by Gasteiger charge is 2.15. The lowest BCUT2D eigenvalue weighted by atomic mass is 10.1. The molecule has 0 saturated carbocycles. The maximum Gasteiger partial charge on any atom is 0.256 e. The van der Waals surface area contributed by atoms with Gasteiger partial charge in [0.1, 0.15) is 5.00 Å². The van der Waals surface area contributed by atoms with Crippen molar-refractivity contribution in [3.05, 3.63) is 52.4 Å². The first-order valence-electron chi connectivity index (χ1n) is 6.34. The molecule has 0 aliphatic heterocycles. The summed E-state index contributed by atoms with van der Waals surface area (Å²) in [5, 5.41) is 14.9.